The van der Waals surface area contributed by atoms with E-state index in [2.05, 4.69) is 21.3 Å². The van der Waals surface area contributed by atoms with Crippen LogP contribution in [0.5, 0.6) is 11.5 Å². The average Bonchev–Trinajstić information content (AvgIpc) is 3.69. The van der Waals surface area contributed by atoms with Crippen LogP contribution in [0.3, 0.4) is 0 Å². The number of thioether (sulfide) groups is 1. The summed E-state index contributed by atoms with van der Waals surface area (Å²) in [7, 11) is 3.20. The van der Waals surface area contributed by atoms with Crippen LogP contribution < -0.4 is 30.7 Å². The summed E-state index contributed by atoms with van der Waals surface area (Å²) >= 11 is 1.91. The monoisotopic (exact) mass is 688 g/mol. The van der Waals surface area contributed by atoms with Crippen molar-refractivity contribution in [3.63, 3.8) is 0 Å². The first-order valence-corrected chi connectivity index (χ1v) is 18.2. The van der Waals surface area contributed by atoms with Crippen molar-refractivity contribution in [2.45, 2.75) is 74.3 Å². The minimum absolute atomic E-state index is 0.0604. The molecule has 3 aromatic rings. The van der Waals surface area contributed by atoms with Gasteiger partial charge < -0.3 is 35.8 Å². The third-order valence-electron chi connectivity index (χ3n) is 9.37. The maximum atomic E-state index is 12.9. The average molecular weight is 689 g/mol. The van der Waals surface area contributed by atoms with E-state index in [9.17, 15) is 19.5 Å². The first-order valence-electron chi connectivity index (χ1n) is 17.2. The molecule has 2 fully saturated rings. The summed E-state index contributed by atoms with van der Waals surface area (Å²) in [5, 5.41) is 24.6. The van der Waals surface area contributed by atoms with E-state index in [4.69, 9.17) is 9.47 Å². The van der Waals surface area contributed by atoms with Crippen molar-refractivity contribution in [3.8, 4) is 11.5 Å². The standard InChI is InChI=1S/C38H48N4O6S/c1-47-30-19-15-28(16-20-30)38(46,29-17-21-31(48-2)22-18-29)27-13-11-26(12-14-27)36(44)40-24-8-4-3-7-23-39-34(43)10-6-5-9-33-35-32(25-49-33)41-37(45)42-35/h11-22,32-33,35,46H,3-10,23-25H2,1-2H3,(H,39,43)(H,40,44)(H2,41,42,45)/t32?,33-,35-/m0/s1. The molecule has 0 radical (unpaired) electrons. The molecule has 11 heteroatoms. The fourth-order valence-electron chi connectivity index (χ4n) is 6.53. The van der Waals surface area contributed by atoms with Crippen LogP contribution in [-0.4, -0.2) is 73.3 Å². The number of methoxy groups -OCH3 is 2. The highest BCUT2D eigenvalue weighted by atomic mass is 32.2. The predicted molar refractivity (Wildman–Crippen MR) is 192 cm³/mol. The van der Waals surface area contributed by atoms with Crippen molar-refractivity contribution >= 4 is 29.6 Å². The number of fused-ring (bicyclic) bond motifs is 1. The van der Waals surface area contributed by atoms with E-state index in [0.29, 0.717) is 58.5 Å². The summed E-state index contributed by atoms with van der Waals surface area (Å²) in [4.78, 5) is 36.6. The fraction of sp³-hybridized carbons (Fsp3) is 0.447. The Balaban J connectivity index is 0.989. The zero-order valence-electron chi connectivity index (χ0n) is 28.3. The van der Waals surface area contributed by atoms with E-state index in [0.717, 1.165) is 50.7 Å². The topological polar surface area (TPSA) is 138 Å². The van der Waals surface area contributed by atoms with E-state index in [1.807, 2.05) is 60.3 Å². The summed E-state index contributed by atoms with van der Waals surface area (Å²) < 4.78 is 10.6. The Hall–Kier alpha value is -4.22. The van der Waals surface area contributed by atoms with Crippen molar-refractivity contribution in [3.05, 3.63) is 95.1 Å². The summed E-state index contributed by atoms with van der Waals surface area (Å²) in [5.41, 5.74) is 1.03. The van der Waals surface area contributed by atoms with Gasteiger partial charge >= 0.3 is 6.03 Å². The van der Waals surface area contributed by atoms with Crippen LogP contribution in [0, 0.1) is 0 Å². The van der Waals surface area contributed by atoms with Crippen molar-refractivity contribution < 1.29 is 29.0 Å². The molecule has 5 rings (SSSR count). The molecule has 2 aliphatic heterocycles. The third-order valence-corrected chi connectivity index (χ3v) is 10.9. The van der Waals surface area contributed by atoms with Gasteiger partial charge in [0.25, 0.3) is 5.91 Å². The number of aliphatic hydroxyl groups is 1. The highest BCUT2D eigenvalue weighted by Crippen LogP contribution is 2.38. The molecule has 2 aliphatic rings. The highest BCUT2D eigenvalue weighted by molar-refractivity contribution is 8.00. The van der Waals surface area contributed by atoms with Gasteiger partial charge in [0.05, 0.1) is 26.3 Å². The minimum Gasteiger partial charge on any atom is -0.497 e. The zero-order valence-corrected chi connectivity index (χ0v) is 29.2. The summed E-state index contributed by atoms with van der Waals surface area (Å²) in [6, 6.07) is 22.0. The molecule has 3 aromatic carbocycles. The van der Waals surface area contributed by atoms with Gasteiger partial charge in [0.15, 0.2) is 0 Å². The molecule has 2 heterocycles. The number of rotatable bonds is 18. The minimum atomic E-state index is -1.46. The Morgan fingerprint density at radius 3 is 1.90 bits per heavy atom. The Morgan fingerprint density at radius 2 is 1.33 bits per heavy atom. The number of hydrogen-bond donors (Lipinski definition) is 5. The number of carbonyl (C=O) groups is 3. The van der Waals surface area contributed by atoms with Gasteiger partial charge in [-0.15, -0.1) is 0 Å². The number of urea groups is 1. The Morgan fingerprint density at radius 1 is 0.776 bits per heavy atom. The van der Waals surface area contributed by atoms with Crippen LogP contribution in [0.4, 0.5) is 4.79 Å². The number of benzene rings is 3. The number of carbonyl (C=O) groups excluding carboxylic acids is 3. The first kappa shape index (κ1) is 36.1. The summed E-state index contributed by atoms with van der Waals surface area (Å²) in [6.07, 6.45) is 7.07. The Labute approximate surface area is 293 Å². The molecule has 49 heavy (non-hydrogen) atoms. The fourth-order valence-corrected chi connectivity index (χ4v) is 8.07. The lowest BCUT2D eigenvalue weighted by Gasteiger charge is -2.30. The van der Waals surface area contributed by atoms with Crippen LogP contribution in [0.1, 0.15) is 78.4 Å². The molecule has 0 aliphatic carbocycles. The number of ether oxygens (including phenoxy) is 2. The van der Waals surface area contributed by atoms with Crippen LogP contribution in [0.2, 0.25) is 0 Å². The number of amides is 4. The molecule has 0 bridgehead atoms. The van der Waals surface area contributed by atoms with Gasteiger partial charge in [0, 0.05) is 36.1 Å². The zero-order chi connectivity index (χ0) is 34.6. The second kappa shape index (κ2) is 17.4. The molecule has 1 unspecified atom stereocenters. The third kappa shape index (κ3) is 9.27. The predicted octanol–water partition coefficient (Wildman–Crippen LogP) is 5.12. The van der Waals surface area contributed by atoms with Gasteiger partial charge in [-0.3, -0.25) is 9.59 Å². The van der Waals surface area contributed by atoms with Gasteiger partial charge in [0.1, 0.15) is 17.1 Å². The van der Waals surface area contributed by atoms with Crippen LogP contribution in [0.15, 0.2) is 72.8 Å². The van der Waals surface area contributed by atoms with E-state index >= 15 is 0 Å². The SMILES string of the molecule is COc1ccc(C(O)(c2ccc(OC)cc2)c2ccc(C(=O)NCCCCCCNC(=O)CCCC[C@@H]3SCC4NC(=O)N[C@@H]43)cc2)cc1. The Kier molecular flexibility index (Phi) is 12.8. The molecule has 0 saturated carbocycles. The lowest BCUT2D eigenvalue weighted by atomic mass is 9.80. The molecular weight excluding hydrogens is 641 g/mol. The van der Waals surface area contributed by atoms with E-state index < -0.39 is 5.60 Å². The second-order valence-electron chi connectivity index (χ2n) is 12.6. The molecule has 4 amide bonds. The quantitative estimate of drug-likeness (QED) is 0.0711. The molecule has 5 N–H and O–H groups in total. The largest absolute Gasteiger partial charge is 0.497 e. The number of nitrogens with one attached hydrogen (secondary N) is 4. The molecule has 3 atom stereocenters. The van der Waals surface area contributed by atoms with E-state index in [1.165, 1.54) is 0 Å². The molecule has 0 aromatic heterocycles. The lowest BCUT2D eigenvalue weighted by Crippen LogP contribution is -2.36. The number of hydrogen-bond acceptors (Lipinski definition) is 7. The molecule has 262 valence electrons. The van der Waals surface area contributed by atoms with Crippen LogP contribution >= 0.6 is 11.8 Å². The molecular formula is C38H48N4O6S. The van der Waals surface area contributed by atoms with Gasteiger partial charge in [-0.1, -0.05) is 55.7 Å². The van der Waals surface area contributed by atoms with Gasteiger partial charge in [-0.05, 0) is 78.8 Å². The molecule has 10 nitrogen and oxygen atoms in total. The first-order chi connectivity index (χ1) is 23.8. The van der Waals surface area contributed by atoms with Crippen molar-refractivity contribution in [2.75, 3.05) is 33.1 Å². The van der Waals surface area contributed by atoms with Crippen molar-refractivity contribution in [2.24, 2.45) is 0 Å². The van der Waals surface area contributed by atoms with Crippen molar-refractivity contribution in [1.82, 2.24) is 21.3 Å². The molecule has 0 spiro atoms. The van der Waals surface area contributed by atoms with E-state index in [1.54, 1.807) is 38.5 Å². The smallest absolute Gasteiger partial charge is 0.315 e. The van der Waals surface area contributed by atoms with Gasteiger partial charge in [-0.2, -0.15) is 11.8 Å². The van der Waals surface area contributed by atoms with Gasteiger partial charge in [0.2, 0.25) is 5.91 Å². The van der Waals surface area contributed by atoms with Crippen molar-refractivity contribution in [1.29, 1.82) is 0 Å². The lowest BCUT2D eigenvalue weighted by molar-refractivity contribution is -0.121. The van der Waals surface area contributed by atoms with Crippen LogP contribution in [0.25, 0.3) is 0 Å². The normalized spacial score (nSPS) is 18.3. The highest BCUT2D eigenvalue weighted by Gasteiger charge is 2.42. The van der Waals surface area contributed by atoms with Gasteiger partial charge in [-0.25, -0.2) is 4.79 Å². The maximum absolute atomic E-state index is 12.9. The maximum Gasteiger partial charge on any atom is 0.315 e. The summed E-state index contributed by atoms with van der Waals surface area (Å²) in [6.45, 7) is 1.23. The molecule has 2 saturated heterocycles. The van der Waals surface area contributed by atoms with Crippen LogP contribution in [-0.2, 0) is 10.4 Å². The summed E-state index contributed by atoms with van der Waals surface area (Å²) in [5.74, 6) is 2.27. The number of unbranched alkanes of at least 4 members (excludes halogenated alkanes) is 4. The second-order valence-corrected chi connectivity index (χ2v) is 13.9. The Bertz CT molecular complexity index is 1490. The van der Waals surface area contributed by atoms with E-state index in [-0.39, 0.29) is 29.9 Å².